The summed E-state index contributed by atoms with van der Waals surface area (Å²) in [4.78, 5) is 0. The first-order valence-electron chi connectivity index (χ1n) is 7.01. The number of hydrogen-bond acceptors (Lipinski definition) is 0. The summed E-state index contributed by atoms with van der Waals surface area (Å²) < 4.78 is 0. The molecule has 84 valence electrons. The molecule has 3 aliphatic rings. The molecular weight excluding hydrogens is 180 g/mol. The number of rotatable bonds is 0. The molecule has 0 aromatic rings. The van der Waals surface area contributed by atoms with Gasteiger partial charge in [0, 0.05) is 0 Å². The Kier molecular flexibility index (Phi) is 2.41. The third-order valence-electron chi connectivity index (χ3n) is 5.48. The van der Waals surface area contributed by atoms with E-state index < -0.39 is 0 Å². The molecule has 0 aliphatic heterocycles. The minimum atomic E-state index is 0.627. The molecular formula is C15H24. The standard InChI is InChI=1S/C15H24/c1-15-11-5-4-7-13(15)10-9-12-6-2-3-8-14(12)15/h8,12-13H,2-7,9-11H2,1H3/t12?,13-,15+/m0/s1. The Morgan fingerprint density at radius 3 is 2.93 bits per heavy atom. The zero-order valence-corrected chi connectivity index (χ0v) is 10.1. The molecule has 0 radical (unpaired) electrons. The van der Waals surface area contributed by atoms with Crippen molar-refractivity contribution in [2.75, 3.05) is 0 Å². The van der Waals surface area contributed by atoms with Gasteiger partial charge in [-0.1, -0.05) is 31.4 Å². The highest BCUT2D eigenvalue weighted by molar-refractivity contribution is 5.23. The molecule has 0 bridgehead atoms. The minimum absolute atomic E-state index is 0.627. The van der Waals surface area contributed by atoms with E-state index in [1.165, 1.54) is 57.8 Å². The lowest BCUT2D eigenvalue weighted by molar-refractivity contribution is 0.0909. The fourth-order valence-corrected chi connectivity index (χ4v) is 4.59. The summed E-state index contributed by atoms with van der Waals surface area (Å²) in [5.74, 6) is 2.02. The largest absolute Gasteiger partial charge is 0.0845 e. The molecule has 0 nitrogen and oxygen atoms in total. The van der Waals surface area contributed by atoms with E-state index in [2.05, 4.69) is 13.0 Å². The van der Waals surface area contributed by atoms with Crippen molar-refractivity contribution in [3.05, 3.63) is 11.6 Å². The highest BCUT2D eigenvalue weighted by Gasteiger charge is 2.45. The maximum Gasteiger partial charge on any atom is -0.00854 e. The molecule has 0 amide bonds. The molecule has 2 saturated carbocycles. The number of allylic oxidation sites excluding steroid dienone is 2. The highest BCUT2D eigenvalue weighted by atomic mass is 14.5. The Morgan fingerprint density at radius 1 is 1.07 bits per heavy atom. The third-order valence-corrected chi connectivity index (χ3v) is 5.48. The predicted molar refractivity (Wildman–Crippen MR) is 64.7 cm³/mol. The molecule has 2 fully saturated rings. The summed E-state index contributed by atoms with van der Waals surface area (Å²) in [6.07, 6.45) is 16.0. The summed E-state index contributed by atoms with van der Waals surface area (Å²) in [5, 5.41) is 0. The van der Waals surface area contributed by atoms with Crippen LogP contribution in [0.1, 0.15) is 64.7 Å². The van der Waals surface area contributed by atoms with Gasteiger partial charge in [0.15, 0.2) is 0 Å². The van der Waals surface area contributed by atoms with Gasteiger partial charge in [-0.15, -0.1) is 0 Å². The normalized spacial score (nSPS) is 45.3. The van der Waals surface area contributed by atoms with Crippen molar-refractivity contribution in [3.8, 4) is 0 Å². The van der Waals surface area contributed by atoms with Gasteiger partial charge in [0.05, 0.1) is 0 Å². The molecule has 1 unspecified atom stereocenters. The van der Waals surface area contributed by atoms with Crippen molar-refractivity contribution >= 4 is 0 Å². The average molecular weight is 204 g/mol. The van der Waals surface area contributed by atoms with Crippen molar-refractivity contribution in [1.29, 1.82) is 0 Å². The first kappa shape index (κ1) is 9.93. The summed E-state index contributed by atoms with van der Waals surface area (Å²) in [6, 6.07) is 0. The van der Waals surface area contributed by atoms with Crippen LogP contribution in [0.3, 0.4) is 0 Å². The smallest absolute Gasteiger partial charge is 0.00854 e. The quantitative estimate of drug-likeness (QED) is 0.502. The van der Waals surface area contributed by atoms with Gasteiger partial charge >= 0.3 is 0 Å². The number of hydrogen-bond donors (Lipinski definition) is 0. The Morgan fingerprint density at radius 2 is 2.00 bits per heavy atom. The molecule has 3 aliphatic carbocycles. The van der Waals surface area contributed by atoms with E-state index in [9.17, 15) is 0 Å². The second kappa shape index (κ2) is 3.64. The second-order valence-electron chi connectivity index (χ2n) is 6.22. The molecule has 0 heteroatoms. The van der Waals surface area contributed by atoms with Gasteiger partial charge in [0.25, 0.3) is 0 Å². The molecule has 0 aromatic carbocycles. The van der Waals surface area contributed by atoms with E-state index in [0.717, 1.165) is 11.8 Å². The molecule has 3 atom stereocenters. The molecule has 0 saturated heterocycles. The molecule has 3 rings (SSSR count). The molecule has 0 aromatic heterocycles. The fraction of sp³-hybridized carbons (Fsp3) is 0.867. The molecule has 0 spiro atoms. The topological polar surface area (TPSA) is 0 Å². The van der Waals surface area contributed by atoms with E-state index in [1.807, 2.05) is 5.57 Å². The minimum Gasteiger partial charge on any atom is -0.0845 e. The van der Waals surface area contributed by atoms with Gasteiger partial charge in [0.2, 0.25) is 0 Å². The van der Waals surface area contributed by atoms with Crippen LogP contribution < -0.4 is 0 Å². The van der Waals surface area contributed by atoms with E-state index in [4.69, 9.17) is 0 Å². The maximum atomic E-state index is 2.63. The van der Waals surface area contributed by atoms with Crippen LogP contribution in [0.15, 0.2) is 11.6 Å². The van der Waals surface area contributed by atoms with Gasteiger partial charge in [-0.2, -0.15) is 0 Å². The van der Waals surface area contributed by atoms with Crippen LogP contribution in [0.2, 0.25) is 0 Å². The van der Waals surface area contributed by atoms with Crippen molar-refractivity contribution in [2.45, 2.75) is 64.7 Å². The fourth-order valence-electron chi connectivity index (χ4n) is 4.59. The van der Waals surface area contributed by atoms with Crippen molar-refractivity contribution in [1.82, 2.24) is 0 Å². The summed E-state index contributed by atoms with van der Waals surface area (Å²) in [6.45, 7) is 2.58. The molecule has 15 heavy (non-hydrogen) atoms. The van der Waals surface area contributed by atoms with Crippen LogP contribution in [0.5, 0.6) is 0 Å². The van der Waals surface area contributed by atoms with Gasteiger partial charge in [-0.25, -0.2) is 0 Å². The zero-order valence-electron chi connectivity index (χ0n) is 10.1. The monoisotopic (exact) mass is 204 g/mol. The first-order valence-corrected chi connectivity index (χ1v) is 7.01. The van der Waals surface area contributed by atoms with Crippen LogP contribution >= 0.6 is 0 Å². The SMILES string of the molecule is C[C@@]12CCCC[C@H]1CCC1CCCC=C12. The van der Waals surface area contributed by atoms with Crippen LogP contribution in [0, 0.1) is 17.3 Å². The third kappa shape index (κ3) is 1.48. The van der Waals surface area contributed by atoms with Crippen LogP contribution in [-0.2, 0) is 0 Å². The molecule has 0 heterocycles. The van der Waals surface area contributed by atoms with Crippen molar-refractivity contribution < 1.29 is 0 Å². The van der Waals surface area contributed by atoms with Crippen molar-refractivity contribution in [3.63, 3.8) is 0 Å². The second-order valence-corrected chi connectivity index (χ2v) is 6.22. The Balaban J connectivity index is 1.93. The van der Waals surface area contributed by atoms with Crippen LogP contribution in [0.4, 0.5) is 0 Å². The first-order chi connectivity index (χ1) is 7.31. The maximum absolute atomic E-state index is 2.63. The van der Waals surface area contributed by atoms with Gasteiger partial charge in [-0.05, 0) is 62.2 Å². The lowest BCUT2D eigenvalue weighted by Crippen LogP contribution is -2.40. The zero-order chi connectivity index (χ0) is 10.3. The lowest BCUT2D eigenvalue weighted by atomic mass is 9.54. The van der Waals surface area contributed by atoms with E-state index in [1.54, 1.807) is 0 Å². The van der Waals surface area contributed by atoms with Crippen LogP contribution in [-0.4, -0.2) is 0 Å². The van der Waals surface area contributed by atoms with E-state index in [-0.39, 0.29) is 0 Å². The summed E-state index contributed by atoms with van der Waals surface area (Å²) in [7, 11) is 0. The Bertz CT molecular complexity index is 276. The van der Waals surface area contributed by atoms with Gasteiger partial charge in [-0.3, -0.25) is 0 Å². The summed E-state index contributed by atoms with van der Waals surface area (Å²) >= 11 is 0. The average Bonchev–Trinajstić information content (AvgIpc) is 2.29. The van der Waals surface area contributed by atoms with Crippen LogP contribution in [0.25, 0.3) is 0 Å². The van der Waals surface area contributed by atoms with E-state index >= 15 is 0 Å². The number of fused-ring (bicyclic) bond motifs is 3. The summed E-state index contributed by atoms with van der Waals surface area (Å²) in [5.41, 5.74) is 2.52. The predicted octanol–water partition coefficient (Wildman–Crippen LogP) is 4.70. The lowest BCUT2D eigenvalue weighted by Gasteiger charge is -2.51. The van der Waals surface area contributed by atoms with E-state index in [0.29, 0.717) is 5.41 Å². The Labute approximate surface area is 94.1 Å². The molecule has 0 N–H and O–H groups in total. The Hall–Kier alpha value is -0.260. The van der Waals surface area contributed by atoms with Gasteiger partial charge < -0.3 is 0 Å². The van der Waals surface area contributed by atoms with Crippen molar-refractivity contribution in [2.24, 2.45) is 17.3 Å². The highest BCUT2D eigenvalue weighted by Crippen LogP contribution is 2.56. The van der Waals surface area contributed by atoms with Gasteiger partial charge in [0.1, 0.15) is 0 Å².